The number of primary amides is 1. The minimum atomic E-state index is -1.05. The van der Waals surface area contributed by atoms with Crippen molar-refractivity contribution in [3.63, 3.8) is 0 Å². The average molecular weight is 498 g/mol. The third-order valence-electron chi connectivity index (χ3n) is 5.13. The molecule has 1 unspecified atom stereocenters. The van der Waals surface area contributed by atoms with Crippen LogP contribution in [0.4, 0.5) is 10.1 Å². The van der Waals surface area contributed by atoms with Crippen LogP contribution in [-0.2, 0) is 11.3 Å². The summed E-state index contributed by atoms with van der Waals surface area (Å²) in [6.07, 6.45) is 0. The highest BCUT2D eigenvalue weighted by molar-refractivity contribution is 7.09. The van der Waals surface area contributed by atoms with Gasteiger partial charge in [-0.3, -0.25) is 14.4 Å². The van der Waals surface area contributed by atoms with E-state index in [-0.39, 0.29) is 22.8 Å². The van der Waals surface area contributed by atoms with Crippen LogP contribution < -0.4 is 16.8 Å². The number of halogens is 1. The van der Waals surface area contributed by atoms with Crippen LogP contribution in [-0.4, -0.2) is 32.5 Å². The Morgan fingerprint density at radius 1 is 1.09 bits per heavy atom. The van der Waals surface area contributed by atoms with Gasteiger partial charge in [0, 0.05) is 12.1 Å². The third-order valence-corrected chi connectivity index (χ3v) is 5.98. The first-order valence-electron chi connectivity index (χ1n) is 10.9. The van der Waals surface area contributed by atoms with Crippen LogP contribution >= 0.6 is 11.5 Å². The summed E-state index contributed by atoms with van der Waals surface area (Å²) in [5.74, 6) is -2.30. The minimum Gasteiger partial charge on any atom is -0.395 e. The molecule has 1 aromatic heterocycles. The second kappa shape index (κ2) is 10.2. The van der Waals surface area contributed by atoms with Crippen molar-refractivity contribution in [2.75, 3.05) is 5.73 Å². The number of amides is 3. The SMILES string of the molecule is Cc1ccc(C(C(=O)NC(C)(C)C)N(Cc2ccc(F)cc2)C(=O)c2snc(C(N)=O)c2N)cc1. The summed E-state index contributed by atoms with van der Waals surface area (Å²) in [6, 6.07) is 11.8. The van der Waals surface area contributed by atoms with Crippen LogP contribution in [0.5, 0.6) is 0 Å². The van der Waals surface area contributed by atoms with E-state index in [4.69, 9.17) is 11.5 Å². The number of hydrogen-bond donors (Lipinski definition) is 3. The fourth-order valence-corrected chi connectivity index (χ4v) is 4.25. The number of rotatable bonds is 7. The summed E-state index contributed by atoms with van der Waals surface area (Å²) in [5.41, 5.74) is 12.6. The van der Waals surface area contributed by atoms with Gasteiger partial charge >= 0.3 is 0 Å². The standard InChI is InChI=1S/C25H28FN5O3S/c1-14-5-9-16(10-6-14)20(23(33)29-25(2,3)4)31(13-15-7-11-17(26)12-8-15)24(34)21-18(27)19(22(28)32)30-35-21/h5-12,20H,13,27H2,1-4H3,(H2,28,32)(H,29,33). The van der Waals surface area contributed by atoms with Crippen molar-refractivity contribution in [2.45, 2.75) is 45.8 Å². The molecule has 3 amide bonds. The van der Waals surface area contributed by atoms with Gasteiger partial charge in [0.2, 0.25) is 5.91 Å². The van der Waals surface area contributed by atoms with Crippen molar-refractivity contribution in [3.05, 3.63) is 81.6 Å². The molecule has 0 fully saturated rings. The van der Waals surface area contributed by atoms with E-state index in [9.17, 15) is 18.8 Å². The lowest BCUT2D eigenvalue weighted by atomic mass is 9.99. The van der Waals surface area contributed by atoms with Gasteiger partial charge in [-0.1, -0.05) is 42.0 Å². The Kier molecular flexibility index (Phi) is 7.54. The number of anilines is 1. The first kappa shape index (κ1) is 25.8. The number of nitrogens with zero attached hydrogens (tertiary/aromatic N) is 2. The van der Waals surface area contributed by atoms with Crippen molar-refractivity contribution in [2.24, 2.45) is 5.73 Å². The van der Waals surface area contributed by atoms with E-state index in [1.54, 1.807) is 12.1 Å². The van der Waals surface area contributed by atoms with Crippen molar-refractivity contribution in [1.82, 2.24) is 14.6 Å². The van der Waals surface area contributed by atoms with Crippen LogP contribution in [0.3, 0.4) is 0 Å². The average Bonchev–Trinajstić information content (AvgIpc) is 3.16. The molecule has 3 aromatic rings. The van der Waals surface area contributed by atoms with E-state index in [1.807, 2.05) is 39.8 Å². The van der Waals surface area contributed by atoms with Crippen molar-refractivity contribution >= 4 is 34.9 Å². The van der Waals surface area contributed by atoms with Gasteiger partial charge in [-0.15, -0.1) is 0 Å². The molecule has 0 aliphatic carbocycles. The van der Waals surface area contributed by atoms with E-state index in [0.29, 0.717) is 11.1 Å². The number of aryl methyl sites for hydroxylation is 1. The summed E-state index contributed by atoms with van der Waals surface area (Å²) in [5, 5.41) is 2.94. The zero-order valence-corrected chi connectivity index (χ0v) is 20.8. The van der Waals surface area contributed by atoms with E-state index in [1.165, 1.54) is 29.2 Å². The summed E-state index contributed by atoms with van der Waals surface area (Å²) in [4.78, 5) is 40.4. The van der Waals surface area contributed by atoms with E-state index < -0.39 is 35.1 Å². The zero-order chi connectivity index (χ0) is 25.9. The molecule has 0 radical (unpaired) electrons. The molecule has 10 heteroatoms. The van der Waals surface area contributed by atoms with Gasteiger partial charge in [-0.05, 0) is 62.5 Å². The Balaban J connectivity index is 2.15. The molecule has 0 spiro atoms. The first-order chi connectivity index (χ1) is 16.4. The number of carbonyl (C=O) groups is 3. The maximum atomic E-state index is 13.8. The van der Waals surface area contributed by atoms with Crippen molar-refractivity contribution in [3.8, 4) is 0 Å². The fourth-order valence-electron chi connectivity index (χ4n) is 3.49. The molecule has 3 rings (SSSR count). The molecule has 1 atom stereocenters. The Morgan fingerprint density at radius 3 is 2.20 bits per heavy atom. The molecule has 184 valence electrons. The van der Waals surface area contributed by atoms with E-state index in [2.05, 4.69) is 9.69 Å². The third kappa shape index (κ3) is 6.21. The molecular formula is C25H28FN5O3S. The molecule has 5 N–H and O–H groups in total. The highest BCUT2D eigenvalue weighted by atomic mass is 32.1. The molecular weight excluding hydrogens is 469 g/mol. The molecule has 35 heavy (non-hydrogen) atoms. The minimum absolute atomic E-state index is 0.0124. The monoisotopic (exact) mass is 497 g/mol. The maximum absolute atomic E-state index is 13.8. The molecule has 8 nitrogen and oxygen atoms in total. The zero-order valence-electron chi connectivity index (χ0n) is 20.0. The maximum Gasteiger partial charge on any atom is 0.270 e. The highest BCUT2D eigenvalue weighted by Crippen LogP contribution is 2.31. The van der Waals surface area contributed by atoms with Gasteiger partial charge in [0.05, 0.1) is 5.69 Å². The Bertz CT molecular complexity index is 1230. The number of aromatic nitrogens is 1. The molecule has 0 aliphatic rings. The fraction of sp³-hybridized carbons (Fsp3) is 0.280. The first-order valence-corrected chi connectivity index (χ1v) is 11.6. The van der Waals surface area contributed by atoms with Crippen LogP contribution in [0.25, 0.3) is 0 Å². The smallest absolute Gasteiger partial charge is 0.270 e. The van der Waals surface area contributed by atoms with Crippen LogP contribution in [0, 0.1) is 12.7 Å². The van der Waals surface area contributed by atoms with Gasteiger partial charge in [0.1, 0.15) is 16.7 Å². The van der Waals surface area contributed by atoms with Gasteiger partial charge in [-0.2, -0.15) is 4.37 Å². The molecule has 0 bridgehead atoms. The Hall–Kier alpha value is -3.79. The number of nitrogen functional groups attached to an aromatic ring is 1. The lowest BCUT2D eigenvalue weighted by molar-refractivity contribution is -0.127. The number of nitrogens with two attached hydrogens (primary N) is 2. The summed E-state index contributed by atoms with van der Waals surface area (Å²) in [6.45, 7) is 7.40. The number of nitrogens with one attached hydrogen (secondary N) is 1. The van der Waals surface area contributed by atoms with Crippen LogP contribution in [0.2, 0.25) is 0 Å². The van der Waals surface area contributed by atoms with Gasteiger partial charge < -0.3 is 21.7 Å². The van der Waals surface area contributed by atoms with E-state index >= 15 is 0 Å². The summed E-state index contributed by atoms with van der Waals surface area (Å²) in [7, 11) is 0. The van der Waals surface area contributed by atoms with Gasteiger partial charge in [0.25, 0.3) is 11.8 Å². The van der Waals surface area contributed by atoms with Crippen molar-refractivity contribution in [1.29, 1.82) is 0 Å². The normalized spacial score (nSPS) is 12.1. The summed E-state index contributed by atoms with van der Waals surface area (Å²) < 4.78 is 17.5. The second-order valence-electron chi connectivity index (χ2n) is 9.25. The number of hydrogen-bond acceptors (Lipinski definition) is 6. The van der Waals surface area contributed by atoms with Gasteiger partial charge in [-0.25, -0.2) is 4.39 Å². The molecule has 0 aliphatic heterocycles. The van der Waals surface area contributed by atoms with Crippen molar-refractivity contribution < 1.29 is 18.8 Å². The molecule has 2 aromatic carbocycles. The highest BCUT2D eigenvalue weighted by Gasteiger charge is 2.36. The molecule has 1 heterocycles. The van der Waals surface area contributed by atoms with Crippen LogP contribution in [0.15, 0.2) is 48.5 Å². The topological polar surface area (TPSA) is 131 Å². The predicted octanol–water partition coefficient (Wildman–Crippen LogP) is 3.57. The van der Waals surface area contributed by atoms with Gasteiger partial charge in [0.15, 0.2) is 5.69 Å². The second-order valence-corrected chi connectivity index (χ2v) is 10.0. The number of carbonyl (C=O) groups excluding carboxylic acids is 3. The van der Waals surface area contributed by atoms with E-state index in [0.717, 1.165) is 17.1 Å². The lowest BCUT2D eigenvalue weighted by Gasteiger charge is -2.33. The molecule has 0 saturated carbocycles. The predicted molar refractivity (Wildman–Crippen MR) is 133 cm³/mol. The number of benzene rings is 2. The van der Waals surface area contributed by atoms with Crippen LogP contribution in [0.1, 0.15) is 63.7 Å². The lowest BCUT2D eigenvalue weighted by Crippen LogP contribution is -2.49. The largest absolute Gasteiger partial charge is 0.395 e. The Labute approximate surface area is 207 Å². The Morgan fingerprint density at radius 2 is 1.69 bits per heavy atom. The molecule has 0 saturated heterocycles. The summed E-state index contributed by atoms with van der Waals surface area (Å²) >= 11 is 0.735. The quantitative estimate of drug-likeness (QED) is 0.459.